The maximum absolute atomic E-state index is 12.9. The Hall–Kier alpha value is -3.35. The van der Waals surface area contributed by atoms with Gasteiger partial charge in [0.1, 0.15) is 6.54 Å². The molecule has 0 aliphatic carbocycles. The molecule has 8 nitrogen and oxygen atoms in total. The number of carbonyl (C=O) groups excluding carboxylic acids is 4. The zero-order valence-electron chi connectivity index (χ0n) is 19.2. The van der Waals surface area contributed by atoms with Crippen molar-refractivity contribution in [1.82, 2.24) is 4.90 Å². The number of ether oxygens (including phenoxy) is 2. The molecule has 3 amide bonds. The largest absolute Gasteiger partial charge is 0.493 e. The van der Waals surface area contributed by atoms with Gasteiger partial charge in [-0.1, -0.05) is 35.9 Å². The monoisotopic (exact) mass is 648 g/mol. The predicted octanol–water partition coefficient (Wildman–Crippen LogP) is 5.85. The molecule has 3 aromatic rings. The number of nitrogens with one attached hydrogen (secondary N) is 1. The van der Waals surface area contributed by atoms with Crippen LogP contribution in [0.5, 0.6) is 11.5 Å². The third-order valence-corrected chi connectivity index (χ3v) is 6.98. The fourth-order valence-corrected chi connectivity index (χ4v) is 5.11. The van der Waals surface area contributed by atoms with Crippen LogP contribution in [0.1, 0.15) is 15.9 Å². The number of hydrogen-bond acceptors (Lipinski definition) is 7. The number of imide groups is 1. The topological polar surface area (TPSA) is 102 Å². The van der Waals surface area contributed by atoms with Gasteiger partial charge in [-0.25, -0.2) is 4.79 Å². The first-order valence-electron chi connectivity index (χ1n) is 10.7. The molecule has 1 aliphatic rings. The average Bonchev–Trinajstić information content (AvgIpc) is 3.13. The summed E-state index contributed by atoms with van der Waals surface area (Å²) in [6.07, 6.45) is 1.52. The first-order chi connectivity index (χ1) is 17.7. The molecule has 3 aromatic carbocycles. The second kappa shape index (κ2) is 11.8. The number of para-hydroxylation sites is 1. The Morgan fingerprint density at radius 3 is 2.54 bits per heavy atom. The van der Waals surface area contributed by atoms with Crippen LogP contribution in [0.15, 0.2) is 71.6 Å². The molecule has 4 rings (SSSR count). The minimum Gasteiger partial charge on any atom is -0.493 e. The molecular weight excluding hydrogens is 631 g/mol. The zero-order chi connectivity index (χ0) is 26.5. The zero-order valence-corrected chi connectivity index (χ0v) is 22.9. The van der Waals surface area contributed by atoms with E-state index in [9.17, 15) is 19.2 Å². The summed E-state index contributed by atoms with van der Waals surface area (Å²) in [7, 11) is 1.42. The van der Waals surface area contributed by atoms with Gasteiger partial charge >= 0.3 is 5.97 Å². The smallest absolute Gasteiger partial charge is 0.343 e. The van der Waals surface area contributed by atoms with Gasteiger partial charge in [-0.3, -0.25) is 19.3 Å². The molecule has 1 heterocycles. The van der Waals surface area contributed by atoms with E-state index in [0.29, 0.717) is 19.8 Å². The van der Waals surface area contributed by atoms with Gasteiger partial charge in [0.25, 0.3) is 11.1 Å². The molecule has 0 bridgehead atoms. The van der Waals surface area contributed by atoms with Crippen molar-refractivity contribution in [3.8, 4) is 11.5 Å². The molecule has 0 radical (unpaired) electrons. The van der Waals surface area contributed by atoms with Crippen LogP contribution in [-0.2, 0) is 9.59 Å². The van der Waals surface area contributed by atoms with Crippen molar-refractivity contribution in [1.29, 1.82) is 0 Å². The van der Waals surface area contributed by atoms with Crippen molar-refractivity contribution < 1.29 is 28.7 Å². The summed E-state index contributed by atoms with van der Waals surface area (Å²) in [5.41, 5.74) is 1.38. The minimum absolute atomic E-state index is 0.152. The maximum atomic E-state index is 12.9. The van der Waals surface area contributed by atoms with E-state index in [0.717, 1.165) is 16.7 Å². The summed E-state index contributed by atoms with van der Waals surface area (Å²) in [5, 5.41) is 2.51. The van der Waals surface area contributed by atoms with Crippen molar-refractivity contribution in [2.75, 3.05) is 19.0 Å². The Morgan fingerprint density at radius 2 is 1.84 bits per heavy atom. The summed E-state index contributed by atoms with van der Waals surface area (Å²) < 4.78 is 11.5. The number of nitrogens with zero attached hydrogens (tertiary/aromatic N) is 1. The van der Waals surface area contributed by atoms with Crippen LogP contribution < -0.4 is 14.8 Å². The fraction of sp³-hybridized carbons (Fsp3) is 0.0769. The van der Waals surface area contributed by atoms with Crippen LogP contribution in [0, 0.1) is 3.57 Å². The normalized spacial score (nSPS) is 14.1. The number of anilines is 1. The van der Waals surface area contributed by atoms with E-state index < -0.39 is 29.6 Å². The lowest BCUT2D eigenvalue weighted by atomic mass is 10.1. The number of amides is 3. The van der Waals surface area contributed by atoms with Gasteiger partial charge in [0.05, 0.1) is 21.1 Å². The van der Waals surface area contributed by atoms with Gasteiger partial charge in [-0.15, -0.1) is 0 Å². The molecular formula is C26H18ClIN2O6S. The van der Waals surface area contributed by atoms with E-state index in [-0.39, 0.29) is 22.0 Å². The van der Waals surface area contributed by atoms with Gasteiger partial charge in [0, 0.05) is 10.7 Å². The van der Waals surface area contributed by atoms with Crippen LogP contribution in [0.3, 0.4) is 0 Å². The van der Waals surface area contributed by atoms with Crippen LogP contribution in [-0.4, -0.2) is 41.6 Å². The van der Waals surface area contributed by atoms with Gasteiger partial charge in [-0.05, 0) is 88.5 Å². The van der Waals surface area contributed by atoms with Crippen LogP contribution in [0.25, 0.3) is 6.08 Å². The van der Waals surface area contributed by atoms with Crippen LogP contribution in [0.4, 0.5) is 10.5 Å². The molecule has 1 N–H and O–H groups in total. The lowest BCUT2D eigenvalue weighted by molar-refractivity contribution is -0.127. The van der Waals surface area contributed by atoms with Crippen molar-refractivity contribution in [3.05, 3.63) is 91.4 Å². The number of rotatable bonds is 7. The molecule has 0 aromatic heterocycles. The molecule has 0 atom stereocenters. The molecule has 1 aliphatic heterocycles. The number of benzene rings is 3. The molecule has 0 spiro atoms. The van der Waals surface area contributed by atoms with Crippen molar-refractivity contribution in [2.45, 2.75) is 0 Å². The Labute approximate surface area is 235 Å². The highest BCUT2D eigenvalue weighted by atomic mass is 127. The van der Waals surface area contributed by atoms with Crippen molar-refractivity contribution in [3.63, 3.8) is 0 Å². The highest BCUT2D eigenvalue weighted by molar-refractivity contribution is 14.1. The molecule has 0 saturated carbocycles. The minimum atomic E-state index is -0.610. The fourth-order valence-electron chi connectivity index (χ4n) is 3.34. The summed E-state index contributed by atoms with van der Waals surface area (Å²) in [4.78, 5) is 51.3. The first-order valence-corrected chi connectivity index (χ1v) is 13.0. The number of thioether (sulfide) groups is 1. The van der Waals surface area contributed by atoms with E-state index in [4.69, 9.17) is 21.1 Å². The van der Waals surface area contributed by atoms with Crippen LogP contribution >= 0.6 is 46.0 Å². The van der Waals surface area contributed by atoms with Crippen molar-refractivity contribution >= 4 is 80.7 Å². The molecule has 11 heteroatoms. The molecule has 1 saturated heterocycles. The number of esters is 1. The summed E-state index contributed by atoms with van der Waals surface area (Å²) in [6, 6.07) is 18.4. The van der Waals surface area contributed by atoms with Gasteiger partial charge in [0.15, 0.2) is 11.5 Å². The molecule has 0 unspecified atom stereocenters. The Balaban J connectivity index is 1.50. The Bertz CT molecular complexity index is 1430. The second-order valence-electron chi connectivity index (χ2n) is 7.62. The number of hydrogen-bond donors (Lipinski definition) is 1. The molecule has 188 valence electrons. The summed E-state index contributed by atoms with van der Waals surface area (Å²) in [6.45, 7) is -0.407. The lowest BCUT2D eigenvalue weighted by Crippen LogP contribution is -2.36. The highest BCUT2D eigenvalue weighted by Gasteiger charge is 2.36. The number of halogens is 2. The lowest BCUT2D eigenvalue weighted by Gasteiger charge is -2.13. The first kappa shape index (κ1) is 26.7. The van der Waals surface area contributed by atoms with E-state index in [1.165, 1.54) is 19.3 Å². The van der Waals surface area contributed by atoms with Crippen LogP contribution in [0.2, 0.25) is 5.02 Å². The quantitative estimate of drug-likeness (QED) is 0.149. The summed E-state index contributed by atoms with van der Waals surface area (Å²) >= 11 is 8.68. The second-order valence-corrected chi connectivity index (χ2v) is 10.2. The Morgan fingerprint density at radius 1 is 1.08 bits per heavy atom. The average molecular weight is 649 g/mol. The van der Waals surface area contributed by atoms with Gasteiger partial charge in [-0.2, -0.15) is 0 Å². The Kier molecular flexibility index (Phi) is 8.52. The highest BCUT2D eigenvalue weighted by Crippen LogP contribution is 2.37. The third-order valence-electron chi connectivity index (χ3n) is 5.04. The summed E-state index contributed by atoms with van der Waals surface area (Å²) in [5.74, 6) is -1.22. The van der Waals surface area contributed by atoms with Crippen molar-refractivity contribution in [2.24, 2.45) is 0 Å². The maximum Gasteiger partial charge on any atom is 0.343 e. The van der Waals surface area contributed by atoms with Gasteiger partial charge in [0.2, 0.25) is 5.91 Å². The standard InChI is InChI=1S/C26H18ClIN2O6S/c1-35-20-11-15(10-19(28)23(20)36-25(33)16-6-5-7-17(27)13-16)12-21-24(32)30(26(34)37-21)14-22(31)29-18-8-3-2-4-9-18/h2-13H,14H2,1H3,(H,29,31)/b21-12-. The molecule has 37 heavy (non-hydrogen) atoms. The number of carbonyl (C=O) groups is 4. The van der Waals surface area contributed by atoms with E-state index in [2.05, 4.69) is 5.32 Å². The third kappa shape index (κ3) is 6.51. The molecule has 1 fully saturated rings. The van der Waals surface area contributed by atoms with E-state index >= 15 is 0 Å². The SMILES string of the molecule is COc1cc(/C=C2\SC(=O)N(CC(=O)Nc3ccccc3)C2=O)cc(I)c1OC(=O)c1cccc(Cl)c1. The van der Waals surface area contributed by atoms with E-state index in [1.54, 1.807) is 54.6 Å². The number of methoxy groups -OCH3 is 1. The van der Waals surface area contributed by atoms with Gasteiger partial charge < -0.3 is 14.8 Å². The predicted molar refractivity (Wildman–Crippen MR) is 150 cm³/mol. The van der Waals surface area contributed by atoms with E-state index in [1.807, 2.05) is 28.7 Å².